The molecule has 6 nitrogen and oxygen atoms in total. The van der Waals surface area contributed by atoms with Crippen molar-refractivity contribution >= 4 is 11.4 Å². The first-order valence-electron chi connectivity index (χ1n) is 3.38. The van der Waals surface area contributed by atoms with E-state index in [1.54, 1.807) is 0 Å². The molecule has 0 rings (SSSR count). The summed E-state index contributed by atoms with van der Waals surface area (Å²) in [6, 6.07) is 5.96. The summed E-state index contributed by atoms with van der Waals surface area (Å²) in [5, 5.41) is 48.0. The molecular weight excluding hydrogens is 180 g/mol. The van der Waals surface area contributed by atoms with E-state index in [-0.39, 0.29) is 0 Å². The van der Waals surface area contributed by atoms with Crippen LogP contribution in [-0.2, 0) is 0 Å². The average Bonchev–Trinajstić information content (AvgIpc) is 2.21. The highest BCUT2D eigenvalue weighted by molar-refractivity contribution is 6.43. The normalized spacial score (nSPS) is 8.14. The molecule has 6 heteroatoms. The second-order valence-electron chi connectivity index (χ2n) is 2.21. The molecule has 2 N–H and O–H groups in total. The van der Waals surface area contributed by atoms with Crippen molar-refractivity contribution in [3.8, 4) is 24.3 Å². The Labute approximate surface area is 80.2 Å². The van der Waals surface area contributed by atoms with Gasteiger partial charge in [-0.05, 0) is 0 Å². The molecule has 0 saturated heterocycles. The highest BCUT2D eigenvalue weighted by Gasteiger charge is 2.24. The summed E-state index contributed by atoms with van der Waals surface area (Å²) >= 11 is 0. The van der Waals surface area contributed by atoms with Gasteiger partial charge in [0.1, 0.15) is 0 Å². The largest absolute Gasteiger partial charge is 0.301 e. The Kier molecular flexibility index (Phi) is 4.06. The van der Waals surface area contributed by atoms with E-state index >= 15 is 0 Å². The highest BCUT2D eigenvalue weighted by Crippen LogP contribution is 2.04. The van der Waals surface area contributed by atoms with Crippen molar-refractivity contribution in [3.05, 3.63) is 0 Å². The summed E-state index contributed by atoms with van der Waals surface area (Å²) in [4.78, 5) is 0. The van der Waals surface area contributed by atoms with Crippen LogP contribution in [0.25, 0.3) is 0 Å². The number of hydrogen-bond acceptors (Lipinski definition) is 6. The predicted octanol–water partition coefficient (Wildman–Crippen LogP) is 0.353. The fraction of sp³-hybridized carbons (Fsp3) is 0.250. The summed E-state index contributed by atoms with van der Waals surface area (Å²) in [6.07, 6.45) is 0. The van der Waals surface area contributed by atoms with Crippen molar-refractivity contribution in [1.29, 1.82) is 31.9 Å². The lowest BCUT2D eigenvalue weighted by Crippen LogP contribution is -2.25. The summed E-state index contributed by atoms with van der Waals surface area (Å²) in [5.41, 5.74) is -1.19. The van der Waals surface area contributed by atoms with E-state index in [0.717, 1.165) is 0 Å². The van der Waals surface area contributed by atoms with Gasteiger partial charge in [0.25, 0.3) is 0 Å². The highest BCUT2D eigenvalue weighted by atomic mass is 14.6. The van der Waals surface area contributed by atoms with E-state index in [0.29, 0.717) is 0 Å². The minimum Gasteiger partial charge on any atom is -0.301 e. The van der Waals surface area contributed by atoms with Gasteiger partial charge in [0.2, 0.25) is 0 Å². The molecule has 0 saturated carbocycles. The molecule has 14 heavy (non-hydrogen) atoms. The molecule has 0 heterocycles. The molecule has 0 radical (unpaired) electrons. The molecule has 0 aliphatic rings. The maximum absolute atomic E-state index is 8.40. The molecule has 0 bridgehead atoms. The Bertz CT molecular complexity index is 351. The average molecular weight is 184 g/mol. The maximum atomic E-state index is 8.40. The molecule has 0 aliphatic carbocycles. The topological polar surface area (TPSA) is 143 Å². The molecule has 0 amide bonds. The van der Waals surface area contributed by atoms with Crippen molar-refractivity contribution in [2.24, 2.45) is 11.8 Å². The zero-order valence-corrected chi connectivity index (χ0v) is 6.94. The zero-order valence-electron chi connectivity index (χ0n) is 6.94. The van der Waals surface area contributed by atoms with Crippen LogP contribution < -0.4 is 0 Å². The Morgan fingerprint density at radius 2 is 0.929 bits per heavy atom. The van der Waals surface area contributed by atoms with E-state index in [4.69, 9.17) is 31.9 Å². The van der Waals surface area contributed by atoms with Gasteiger partial charge < -0.3 is 10.8 Å². The fourth-order valence-corrected chi connectivity index (χ4v) is 0.627. The molecule has 0 aromatic rings. The summed E-state index contributed by atoms with van der Waals surface area (Å²) < 4.78 is 0. The lowest BCUT2D eigenvalue weighted by Gasteiger charge is -2.04. The maximum Gasteiger partial charge on any atom is 0.176 e. The Hall–Kier alpha value is -2.70. The SMILES string of the molecule is N#CC(C#N)C(=N)C(=N)C(C#N)C#N. The lowest BCUT2D eigenvalue weighted by molar-refractivity contribution is 1.09. The van der Waals surface area contributed by atoms with Crippen LogP contribution in [-0.4, -0.2) is 11.4 Å². The molecule has 0 aliphatic heterocycles. The van der Waals surface area contributed by atoms with Gasteiger partial charge >= 0.3 is 0 Å². The first-order chi connectivity index (χ1) is 6.62. The van der Waals surface area contributed by atoms with Crippen molar-refractivity contribution in [2.75, 3.05) is 0 Å². The Morgan fingerprint density at radius 1 is 0.714 bits per heavy atom. The van der Waals surface area contributed by atoms with Gasteiger partial charge in [-0.15, -0.1) is 0 Å². The van der Waals surface area contributed by atoms with Crippen LogP contribution in [0.5, 0.6) is 0 Å². The van der Waals surface area contributed by atoms with Crippen LogP contribution in [0.1, 0.15) is 0 Å². The van der Waals surface area contributed by atoms with E-state index < -0.39 is 23.3 Å². The number of hydrogen-bond donors (Lipinski definition) is 2. The minimum absolute atomic E-state index is 0.594. The Balaban J connectivity index is 4.87. The molecule has 0 unspecified atom stereocenters. The van der Waals surface area contributed by atoms with Gasteiger partial charge in [-0.2, -0.15) is 21.0 Å². The quantitative estimate of drug-likeness (QED) is 0.609. The molecule has 0 atom stereocenters. The van der Waals surface area contributed by atoms with E-state index in [1.165, 1.54) is 24.3 Å². The van der Waals surface area contributed by atoms with Crippen LogP contribution >= 0.6 is 0 Å². The van der Waals surface area contributed by atoms with Crippen LogP contribution in [0.2, 0.25) is 0 Å². The third kappa shape index (κ3) is 2.14. The van der Waals surface area contributed by atoms with E-state index in [2.05, 4.69) is 0 Å². The smallest absolute Gasteiger partial charge is 0.176 e. The van der Waals surface area contributed by atoms with Crippen LogP contribution in [0, 0.1) is 68.0 Å². The zero-order chi connectivity index (χ0) is 11.1. The third-order valence-electron chi connectivity index (χ3n) is 1.38. The van der Waals surface area contributed by atoms with Gasteiger partial charge in [0.05, 0.1) is 35.7 Å². The summed E-state index contributed by atoms with van der Waals surface area (Å²) in [7, 11) is 0. The molecule has 0 spiro atoms. The van der Waals surface area contributed by atoms with Gasteiger partial charge in [0, 0.05) is 0 Å². The lowest BCUT2D eigenvalue weighted by atomic mass is 9.95. The molecule has 66 valence electrons. The van der Waals surface area contributed by atoms with Crippen molar-refractivity contribution in [1.82, 2.24) is 0 Å². The fourth-order valence-electron chi connectivity index (χ4n) is 0.627. The number of nitrogens with zero attached hydrogens (tertiary/aromatic N) is 4. The van der Waals surface area contributed by atoms with E-state index in [1.807, 2.05) is 0 Å². The second kappa shape index (κ2) is 5.04. The van der Waals surface area contributed by atoms with Crippen molar-refractivity contribution < 1.29 is 0 Å². The predicted molar refractivity (Wildman–Crippen MR) is 44.9 cm³/mol. The van der Waals surface area contributed by atoms with Gasteiger partial charge in [-0.1, -0.05) is 0 Å². The third-order valence-corrected chi connectivity index (χ3v) is 1.38. The molecule has 0 aromatic carbocycles. The van der Waals surface area contributed by atoms with Gasteiger partial charge in [0.15, 0.2) is 11.8 Å². The monoisotopic (exact) mass is 184 g/mol. The van der Waals surface area contributed by atoms with Gasteiger partial charge in [-0.25, -0.2) is 0 Å². The molecule has 0 fully saturated rings. The standard InChI is InChI=1S/C8H4N6/c9-1-5(2-10)7(13)8(14)6(3-11)4-12/h5-6,13-14H. The number of nitriles is 4. The van der Waals surface area contributed by atoms with Gasteiger partial charge in [-0.3, -0.25) is 0 Å². The summed E-state index contributed by atoms with van der Waals surface area (Å²) in [5.74, 6) is -2.79. The first-order valence-corrected chi connectivity index (χ1v) is 3.38. The Morgan fingerprint density at radius 3 is 1.07 bits per heavy atom. The first kappa shape index (κ1) is 11.3. The van der Waals surface area contributed by atoms with Crippen LogP contribution in [0.15, 0.2) is 0 Å². The van der Waals surface area contributed by atoms with E-state index in [9.17, 15) is 0 Å². The number of rotatable bonds is 3. The molecule has 0 aromatic heterocycles. The second-order valence-corrected chi connectivity index (χ2v) is 2.21. The van der Waals surface area contributed by atoms with Crippen molar-refractivity contribution in [2.45, 2.75) is 0 Å². The minimum atomic E-state index is -1.40. The van der Waals surface area contributed by atoms with Crippen molar-refractivity contribution in [3.63, 3.8) is 0 Å². The van der Waals surface area contributed by atoms with Crippen LogP contribution in [0.4, 0.5) is 0 Å². The summed E-state index contributed by atoms with van der Waals surface area (Å²) in [6.45, 7) is 0. The number of nitrogens with one attached hydrogen (secondary N) is 2. The molecular formula is C8H4N6. The van der Waals surface area contributed by atoms with Crippen LogP contribution in [0.3, 0.4) is 0 Å².